The van der Waals surface area contributed by atoms with Gasteiger partial charge in [0.25, 0.3) is 0 Å². The van der Waals surface area contributed by atoms with Crippen LogP contribution in [0.1, 0.15) is 25.5 Å². The van der Waals surface area contributed by atoms with E-state index in [2.05, 4.69) is 5.32 Å². The molecule has 90 valence electrons. The average Bonchev–Trinajstić information content (AvgIpc) is 2.28. The van der Waals surface area contributed by atoms with Crippen molar-refractivity contribution in [1.82, 2.24) is 5.32 Å². The second-order valence-corrected chi connectivity index (χ2v) is 3.85. The molecule has 0 aromatic heterocycles. The van der Waals surface area contributed by atoms with Gasteiger partial charge in [-0.1, -0.05) is 24.6 Å². The van der Waals surface area contributed by atoms with Gasteiger partial charge in [-0.2, -0.15) is 0 Å². The number of hydrogen-bond acceptors (Lipinski definition) is 2. The van der Waals surface area contributed by atoms with Gasteiger partial charge in [0.2, 0.25) is 0 Å². The Morgan fingerprint density at radius 3 is 2.75 bits per heavy atom. The number of halogens is 2. The molecule has 0 aliphatic heterocycles. The molecule has 2 nitrogen and oxygen atoms in total. The topological polar surface area (TPSA) is 21.3 Å². The van der Waals surface area contributed by atoms with Crippen LogP contribution in [0.25, 0.3) is 0 Å². The molecule has 0 bridgehead atoms. The molecule has 1 N–H and O–H groups in total. The van der Waals surface area contributed by atoms with E-state index < -0.39 is 5.82 Å². The molecule has 1 aromatic carbocycles. The zero-order chi connectivity index (χ0) is 12.0. The van der Waals surface area contributed by atoms with E-state index in [9.17, 15) is 4.39 Å². The Hall–Kier alpha value is -0.640. The molecule has 0 saturated heterocycles. The highest BCUT2D eigenvalue weighted by Crippen LogP contribution is 2.20. The van der Waals surface area contributed by atoms with E-state index >= 15 is 0 Å². The molecular weight excluding hydrogens is 229 g/mol. The van der Waals surface area contributed by atoms with Crippen molar-refractivity contribution < 1.29 is 9.13 Å². The van der Waals surface area contributed by atoms with E-state index in [-0.39, 0.29) is 11.1 Å². The maximum Gasteiger partial charge on any atom is 0.142 e. The Morgan fingerprint density at radius 1 is 1.44 bits per heavy atom. The third kappa shape index (κ3) is 3.74. The van der Waals surface area contributed by atoms with Crippen molar-refractivity contribution in [1.29, 1.82) is 0 Å². The molecular formula is C12H17ClFNO. The summed E-state index contributed by atoms with van der Waals surface area (Å²) >= 11 is 5.64. The lowest BCUT2D eigenvalue weighted by atomic mass is 10.1. The van der Waals surface area contributed by atoms with Crippen molar-refractivity contribution in [3.63, 3.8) is 0 Å². The van der Waals surface area contributed by atoms with Crippen molar-refractivity contribution in [2.75, 3.05) is 19.8 Å². The summed E-state index contributed by atoms with van der Waals surface area (Å²) in [6, 6.07) is 4.85. The van der Waals surface area contributed by atoms with E-state index in [1.54, 1.807) is 6.07 Å². The van der Waals surface area contributed by atoms with Gasteiger partial charge in [0.1, 0.15) is 5.82 Å². The zero-order valence-electron chi connectivity index (χ0n) is 9.59. The molecule has 0 saturated carbocycles. The molecule has 1 rings (SSSR count). The Bertz CT molecular complexity index is 333. The Morgan fingerprint density at radius 2 is 2.19 bits per heavy atom. The average molecular weight is 246 g/mol. The normalized spacial score (nSPS) is 12.8. The third-order valence-electron chi connectivity index (χ3n) is 2.29. The van der Waals surface area contributed by atoms with Gasteiger partial charge in [-0.3, -0.25) is 0 Å². The van der Waals surface area contributed by atoms with Gasteiger partial charge in [-0.05, 0) is 31.2 Å². The number of hydrogen-bond donors (Lipinski definition) is 1. The molecule has 1 aromatic rings. The van der Waals surface area contributed by atoms with E-state index in [1.807, 2.05) is 19.9 Å². The van der Waals surface area contributed by atoms with Crippen LogP contribution >= 0.6 is 11.6 Å². The maximum atomic E-state index is 13.3. The van der Waals surface area contributed by atoms with Crippen molar-refractivity contribution in [3.05, 3.63) is 34.6 Å². The van der Waals surface area contributed by atoms with Crippen LogP contribution in [-0.2, 0) is 4.74 Å². The second kappa shape index (κ2) is 6.84. The Balaban J connectivity index is 2.78. The Labute approximate surface area is 101 Å². The highest BCUT2D eigenvalue weighted by atomic mass is 35.5. The van der Waals surface area contributed by atoms with E-state index in [0.29, 0.717) is 13.2 Å². The van der Waals surface area contributed by atoms with Crippen LogP contribution in [0.3, 0.4) is 0 Å². The lowest BCUT2D eigenvalue weighted by Crippen LogP contribution is -2.25. The summed E-state index contributed by atoms with van der Waals surface area (Å²) < 4.78 is 18.7. The van der Waals surface area contributed by atoms with Gasteiger partial charge < -0.3 is 10.1 Å². The summed E-state index contributed by atoms with van der Waals surface area (Å²) in [4.78, 5) is 0. The van der Waals surface area contributed by atoms with Gasteiger partial charge in [0, 0.05) is 6.61 Å². The van der Waals surface area contributed by atoms with Gasteiger partial charge in [-0.15, -0.1) is 0 Å². The minimum absolute atomic E-state index is 0.0108. The molecule has 0 aliphatic carbocycles. The van der Waals surface area contributed by atoms with Gasteiger partial charge in [-0.25, -0.2) is 4.39 Å². The molecule has 0 fully saturated rings. The van der Waals surface area contributed by atoms with E-state index in [4.69, 9.17) is 16.3 Å². The van der Waals surface area contributed by atoms with Crippen LogP contribution in [0.4, 0.5) is 4.39 Å². The van der Waals surface area contributed by atoms with Crippen LogP contribution in [0.5, 0.6) is 0 Å². The standard InChI is InChI=1S/C12H17ClFNO/c1-3-15-12(8-16-4-2)9-5-6-10(13)11(14)7-9/h5-7,12,15H,3-4,8H2,1-2H3. The highest BCUT2D eigenvalue weighted by Gasteiger charge is 2.12. The quantitative estimate of drug-likeness (QED) is 0.831. The molecule has 1 atom stereocenters. The molecule has 0 radical (unpaired) electrons. The molecule has 16 heavy (non-hydrogen) atoms. The smallest absolute Gasteiger partial charge is 0.142 e. The molecule has 0 heterocycles. The fourth-order valence-corrected chi connectivity index (χ4v) is 1.60. The maximum absolute atomic E-state index is 13.3. The molecule has 4 heteroatoms. The SMILES string of the molecule is CCNC(COCC)c1ccc(Cl)c(F)c1. The molecule has 0 aliphatic rings. The van der Waals surface area contributed by atoms with Crippen molar-refractivity contribution in [2.45, 2.75) is 19.9 Å². The third-order valence-corrected chi connectivity index (χ3v) is 2.59. The first kappa shape index (κ1) is 13.4. The summed E-state index contributed by atoms with van der Waals surface area (Å²) in [6.07, 6.45) is 0. The van der Waals surface area contributed by atoms with Gasteiger partial charge >= 0.3 is 0 Å². The predicted octanol–water partition coefficient (Wildman–Crippen LogP) is 3.17. The van der Waals surface area contributed by atoms with Gasteiger partial charge in [0.05, 0.1) is 17.7 Å². The molecule has 1 unspecified atom stereocenters. The van der Waals surface area contributed by atoms with Crippen molar-refractivity contribution in [2.24, 2.45) is 0 Å². The summed E-state index contributed by atoms with van der Waals surface area (Å²) in [5.74, 6) is -0.390. The lowest BCUT2D eigenvalue weighted by molar-refractivity contribution is 0.123. The first-order valence-corrected chi connectivity index (χ1v) is 5.82. The summed E-state index contributed by atoms with van der Waals surface area (Å²) in [6.45, 7) is 5.93. The first-order chi connectivity index (χ1) is 7.69. The van der Waals surface area contributed by atoms with Crippen LogP contribution in [0, 0.1) is 5.82 Å². The van der Waals surface area contributed by atoms with E-state index in [1.165, 1.54) is 6.07 Å². The van der Waals surface area contributed by atoms with Crippen LogP contribution < -0.4 is 5.32 Å². The first-order valence-electron chi connectivity index (χ1n) is 5.45. The van der Waals surface area contributed by atoms with Crippen molar-refractivity contribution in [3.8, 4) is 0 Å². The minimum atomic E-state index is -0.390. The van der Waals surface area contributed by atoms with Gasteiger partial charge in [0.15, 0.2) is 0 Å². The Kier molecular flexibility index (Phi) is 5.74. The molecule has 0 spiro atoms. The van der Waals surface area contributed by atoms with E-state index in [0.717, 1.165) is 12.1 Å². The summed E-state index contributed by atoms with van der Waals surface area (Å²) in [5.41, 5.74) is 0.859. The monoisotopic (exact) mass is 245 g/mol. The zero-order valence-corrected chi connectivity index (χ0v) is 10.4. The van der Waals surface area contributed by atoms with Crippen LogP contribution in [-0.4, -0.2) is 19.8 Å². The number of rotatable bonds is 6. The highest BCUT2D eigenvalue weighted by molar-refractivity contribution is 6.30. The minimum Gasteiger partial charge on any atom is -0.380 e. The lowest BCUT2D eigenvalue weighted by Gasteiger charge is -2.18. The summed E-state index contributed by atoms with van der Waals surface area (Å²) in [5, 5.41) is 3.39. The number of likely N-dealkylation sites (N-methyl/N-ethyl adjacent to an activating group) is 1. The molecule has 0 amide bonds. The largest absolute Gasteiger partial charge is 0.380 e. The van der Waals surface area contributed by atoms with Crippen LogP contribution in [0.2, 0.25) is 5.02 Å². The number of nitrogens with one attached hydrogen (secondary N) is 1. The fraction of sp³-hybridized carbons (Fsp3) is 0.500. The summed E-state index contributed by atoms with van der Waals surface area (Å²) in [7, 11) is 0. The fourth-order valence-electron chi connectivity index (χ4n) is 1.48. The second-order valence-electron chi connectivity index (χ2n) is 3.44. The predicted molar refractivity (Wildman–Crippen MR) is 64.3 cm³/mol. The van der Waals surface area contributed by atoms with Crippen molar-refractivity contribution >= 4 is 11.6 Å². The van der Waals surface area contributed by atoms with Crippen LogP contribution in [0.15, 0.2) is 18.2 Å². The number of benzene rings is 1. The number of ether oxygens (including phenoxy) is 1.